The van der Waals surface area contributed by atoms with E-state index in [2.05, 4.69) is 10.4 Å². The molecule has 1 saturated heterocycles. The first-order chi connectivity index (χ1) is 12.8. The lowest BCUT2D eigenvalue weighted by Gasteiger charge is -2.33. The fourth-order valence-electron chi connectivity index (χ4n) is 3.19. The number of sulfone groups is 1. The topological polar surface area (TPSA) is 84.3 Å². The Hall–Kier alpha value is -2.42. The molecule has 7 nitrogen and oxygen atoms in total. The molecule has 1 aliphatic heterocycles. The van der Waals surface area contributed by atoms with Crippen LogP contribution in [0.4, 0.5) is 14.9 Å². The maximum Gasteiger partial charge on any atom is 0.321 e. The summed E-state index contributed by atoms with van der Waals surface area (Å²) in [5.74, 6) is -0.837. The fraction of sp³-hybridized carbons (Fsp3) is 0.444. The van der Waals surface area contributed by atoms with Gasteiger partial charge in [-0.15, -0.1) is 0 Å². The average molecular weight is 394 g/mol. The molecule has 27 heavy (non-hydrogen) atoms. The fourth-order valence-corrected chi connectivity index (χ4v) is 4.25. The van der Waals surface area contributed by atoms with Gasteiger partial charge < -0.3 is 10.2 Å². The zero-order chi connectivity index (χ0) is 19.6. The number of carbonyl (C=O) groups is 1. The van der Waals surface area contributed by atoms with Crippen molar-refractivity contribution in [1.82, 2.24) is 14.7 Å². The van der Waals surface area contributed by atoms with Crippen LogP contribution in [-0.4, -0.2) is 48.0 Å². The van der Waals surface area contributed by atoms with Crippen LogP contribution in [0.15, 0.2) is 35.5 Å². The summed E-state index contributed by atoms with van der Waals surface area (Å²) in [6.07, 6.45) is 5.45. The molecular weight excluding hydrogens is 371 g/mol. The molecule has 0 radical (unpaired) electrons. The number of aromatic nitrogens is 2. The zero-order valence-corrected chi connectivity index (χ0v) is 16.2. The number of piperidine rings is 1. The minimum Gasteiger partial charge on any atom is -0.322 e. The zero-order valence-electron chi connectivity index (χ0n) is 15.4. The summed E-state index contributed by atoms with van der Waals surface area (Å²) in [6, 6.07) is 3.04. The Morgan fingerprint density at radius 3 is 2.85 bits per heavy atom. The first kappa shape index (κ1) is 19.3. The molecule has 2 aromatic rings. The Labute approximate surface area is 158 Å². The van der Waals surface area contributed by atoms with Crippen molar-refractivity contribution in [3.05, 3.63) is 42.0 Å². The molecule has 1 aliphatic rings. The van der Waals surface area contributed by atoms with Gasteiger partial charge in [-0.1, -0.05) is 6.92 Å². The third-order valence-electron chi connectivity index (χ3n) is 4.69. The van der Waals surface area contributed by atoms with E-state index in [1.54, 1.807) is 11.1 Å². The molecule has 0 spiro atoms. The van der Waals surface area contributed by atoms with Gasteiger partial charge in [0, 0.05) is 19.3 Å². The normalized spacial score (nSPS) is 17.7. The lowest BCUT2D eigenvalue weighted by molar-refractivity contribution is 0.174. The van der Waals surface area contributed by atoms with Crippen LogP contribution in [0.25, 0.3) is 0 Å². The van der Waals surface area contributed by atoms with E-state index < -0.39 is 21.7 Å². The number of hydrogen-bond acceptors (Lipinski definition) is 4. The van der Waals surface area contributed by atoms with Gasteiger partial charge in [0.25, 0.3) is 0 Å². The average Bonchev–Trinajstić information content (AvgIpc) is 3.09. The smallest absolute Gasteiger partial charge is 0.321 e. The first-order valence-corrected chi connectivity index (χ1v) is 10.5. The van der Waals surface area contributed by atoms with E-state index in [0.29, 0.717) is 13.1 Å². The highest BCUT2D eigenvalue weighted by Crippen LogP contribution is 2.26. The molecule has 1 aromatic carbocycles. The van der Waals surface area contributed by atoms with Crippen LogP contribution in [0.1, 0.15) is 31.4 Å². The number of amides is 2. The number of benzene rings is 1. The molecule has 3 rings (SSSR count). The number of hydrogen-bond donors (Lipinski definition) is 1. The maximum atomic E-state index is 13.5. The van der Waals surface area contributed by atoms with Crippen molar-refractivity contribution < 1.29 is 17.6 Å². The molecule has 0 saturated carbocycles. The highest BCUT2D eigenvalue weighted by molar-refractivity contribution is 7.91. The predicted octanol–water partition coefficient (Wildman–Crippen LogP) is 2.99. The standard InChI is InChI=1S/C18H23FN4O3S/c1-3-27(25,26)17-9-14(19)6-7-16(17)21-18(24)22-8-4-5-15(12-22)23-11-13(2)10-20-23/h6-7,9-11,15H,3-5,8,12H2,1-2H3,(H,21,24)/t15-/m0/s1. The molecule has 1 atom stereocenters. The second kappa shape index (κ2) is 7.67. The molecule has 9 heteroatoms. The van der Waals surface area contributed by atoms with Crippen LogP contribution in [0, 0.1) is 12.7 Å². The molecule has 1 fully saturated rings. The summed E-state index contributed by atoms with van der Waals surface area (Å²) in [5, 5.41) is 6.96. The Morgan fingerprint density at radius 2 is 2.19 bits per heavy atom. The molecule has 0 aliphatic carbocycles. The van der Waals surface area contributed by atoms with Gasteiger partial charge in [0.1, 0.15) is 5.82 Å². The molecule has 2 heterocycles. The van der Waals surface area contributed by atoms with Crippen molar-refractivity contribution >= 4 is 21.6 Å². The van der Waals surface area contributed by atoms with Crippen molar-refractivity contribution in [3.63, 3.8) is 0 Å². The number of likely N-dealkylation sites (tertiary alicyclic amines) is 1. The molecule has 2 amide bonds. The van der Waals surface area contributed by atoms with Crippen molar-refractivity contribution in [3.8, 4) is 0 Å². The summed E-state index contributed by atoms with van der Waals surface area (Å²) in [5.41, 5.74) is 1.15. The second-order valence-corrected chi connectivity index (χ2v) is 8.96. The lowest BCUT2D eigenvalue weighted by Crippen LogP contribution is -2.43. The van der Waals surface area contributed by atoms with Gasteiger partial charge in [-0.3, -0.25) is 4.68 Å². The number of anilines is 1. The van der Waals surface area contributed by atoms with Crippen LogP contribution in [0.5, 0.6) is 0 Å². The minimum atomic E-state index is -3.67. The Bertz CT molecular complexity index is 942. The quantitative estimate of drug-likeness (QED) is 0.864. The summed E-state index contributed by atoms with van der Waals surface area (Å²) in [6.45, 7) is 4.48. The number of aryl methyl sites for hydroxylation is 1. The number of nitrogens with zero attached hydrogens (tertiary/aromatic N) is 3. The van der Waals surface area contributed by atoms with Crippen molar-refractivity contribution in [2.75, 3.05) is 24.2 Å². The Morgan fingerprint density at radius 1 is 1.41 bits per heavy atom. The van der Waals surface area contributed by atoms with Crippen molar-refractivity contribution in [2.45, 2.75) is 37.6 Å². The first-order valence-electron chi connectivity index (χ1n) is 8.89. The van der Waals surface area contributed by atoms with Crippen LogP contribution in [0.2, 0.25) is 0 Å². The molecule has 1 N–H and O–H groups in total. The van der Waals surface area contributed by atoms with E-state index in [0.717, 1.165) is 30.5 Å². The summed E-state index contributed by atoms with van der Waals surface area (Å²) >= 11 is 0. The van der Waals surface area contributed by atoms with Crippen LogP contribution in [-0.2, 0) is 9.84 Å². The Kier molecular flexibility index (Phi) is 5.50. The summed E-state index contributed by atoms with van der Waals surface area (Å²) in [7, 11) is -3.67. The largest absolute Gasteiger partial charge is 0.322 e. The van der Waals surface area contributed by atoms with Crippen LogP contribution < -0.4 is 5.32 Å². The van der Waals surface area contributed by atoms with Gasteiger partial charge in [-0.25, -0.2) is 17.6 Å². The van der Waals surface area contributed by atoms with Gasteiger partial charge in [-0.2, -0.15) is 5.10 Å². The molecule has 0 bridgehead atoms. The second-order valence-electron chi connectivity index (χ2n) is 6.71. The van der Waals surface area contributed by atoms with Gasteiger partial charge in [-0.05, 0) is 43.5 Å². The van der Waals surface area contributed by atoms with E-state index in [1.165, 1.54) is 13.0 Å². The summed E-state index contributed by atoms with van der Waals surface area (Å²) < 4.78 is 39.9. The highest BCUT2D eigenvalue weighted by Gasteiger charge is 2.27. The van der Waals surface area contributed by atoms with Crippen LogP contribution >= 0.6 is 0 Å². The van der Waals surface area contributed by atoms with E-state index in [-0.39, 0.29) is 22.4 Å². The number of urea groups is 1. The number of nitrogens with one attached hydrogen (secondary N) is 1. The number of carbonyl (C=O) groups excluding carboxylic acids is 1. The third-order valence-corrected chi connectivity index (χ3v) is 6.46. The van der Waals surface area contributed by atoms with Crippen molar-refractivity contribution in [1.29, 1.82) is 0 Å². The molecule has 146 valence electrons. The molecule has 0 unspecified atom stereocenters. The van der Waals surface area contributed by atoms with E-state index in [1.807, 2.05) is 17.8 Å². The predicted molar refractivity (Wildman–Crippen MR) is 100.0 cm³/mol. The summed E-state index contributed by atoms with van der Waals surface area (Å²) in [4.78, 5) is 14.1. The van der Waals surface area contributed by atoms with Gasteiger partial charge in [0.05, 0.1) is 28.6 Å². The maximum absolute atomic E-state index is 13.5. The number of halogens is 1. The SMILES string of the molecule is CCS(=O)(=O)c1cc(F)ccc1NC(=O)N1CCC[C@H](n2cc(C)cn2)C1. The van der Waals surface area contributed by atoms with Crippen molar-refractivity contribution in [2.24, 2.45) is 0 Å². The lowest BCUT2D eigenvalue weighted by atomic mass is 10.1. The minimum absolute atomic E-state index is 0.0743. The van der Waals surface area contributed by atoms with Gasteiger partial charge >= 0.3 is 6.03 Å². The Balaban J connectivity index is 1.77. The number of rotatable bonds is 4. The monoisotopic (exact) mass is 394 g/mol. The molecular formula is C18H23FN4O3S. The van der Waals surface area contributed by atoms with E-state index >= 15 is 0 Å². The van der Waals surface area contributed by atoms with Gasteiger partial charge in [0.2, 0.25) is 0 Å². The van der Waals surface area contributed by atoms with E-state index in [4.69, 9.17) is 0 Å². The van der Waals surface area contributed by atoms with Crippen LogP contribution in [0.3, 0.4) is 0 Å². The van der Waals surface area contributed by atoms with Gasteiger partial charge in [0.15, 0.2) is 9.84 Å². The van der Waals surface area contributed by atoms with E-state index in [9.17, 15) is 17.6 Å². The molecule has 1 aromatic heterocycles. The third kappa shape index (κ3) is 4.29. The highest BCUT2D eigenvalue weighted by atomic mass is 32.2.